The van der Waals surface area contributed by atoms with Crippen LogP contribution in [-0.4, -0.2) is 0 Å². The third-order valence-electron chi connectivity index (χ3n) is 1.36. The summed E-state index contributed by atoms with van der Waals surface area (Å²) in [6.45, 7) is 1.92. The van der Waals surface area contributed by atoms with Crippen LogP contribution in [-0.2, 0) is 0 Å². The fraction of sp³-hybridized carbons (Fsp3) is 0.143. The number of benzene rings is 1. The molecule has 11 heavy (non-hydrogen) atoms. The van der Waals surface area contributed by atoms with Gasteiger partial charge >= 0.3 is 0 Å². The maximum Gasteiger partial charge on any atom is 0.143 e. The SMILES string of the molecule is Cc1ccc(OS)cc1OS. The molecule has 0 radical (unpaired) electrons. The van der Waals surface area contributed by atoms with E-state index >= 15 is 0 Å². The molecule has 60 valence electrons. The molecule has 1 aromatic carbocycles. The molecule has 0 atom stereocenters. The van der Waals surface area contributed by atoms with E-state index in [9.17, 15) is 0 Å². The fourth-order valence-electron chi connectivity index (χ4n) is 0.736. The zero-order valence-corrected chi connectivity index (χ0v) is 7.73. The minimum atomic E-state index is 0.642. The van der Waals surface area contributed by atoms with Gasteiger partial charge in [0.05, 0.1) is 0 Å². The van der Waals surface area contributed by atoms with Crippen LogP contribution in [0.4, 0.5) is 0 Å². The number of hydrogen-bond acceptors (Lipinski definition) is 4. The maximum absolute atomic E-state index is 4.77. The lowest BCUT2D eigenvalue weighted by molar-refractivity contribution is 0.625. The Balaban J connectivity index is 3.02. The van der Waals surface area contributed by atoms with Gasteiger partial charge in [0.25, 0.3) is 0 Å². The van der Waals surface area contributed by atoms with Crippen molar-refractivity contribution in [2.24, 2.45) is 0 Å². The molecule has 0 saturated heterocycles. The Bertz CT molecular complexity index is 250. The highest BCUT2D eigenvalue weighted by Gasteiger charge is 1.99. The van der Waals surface area contributed by atoms with E-state index in [1.54, 1.807) is 12.1 Å². The van der Waals surface area contributed by atoms with Crippen molar-refractivity contribution >= 4 is 25.8 Å². The van der Waals surface area contributed by atoms with Crippen molar-refractivity contribution in [1.29, 1.82) is 0 Å². The first-order valence-electron chi connectivity index (χ1n) is 3.01. The number of thiol groups is 2. The molecule has 2 nitrogen and oxygen atoms in total. The number of rotatable bonds is 2. The molecule has 0 N–H and O–H groups in total. The van der Waals surface area contributed by atoms with Crippen molar-refractivity contribution in [3.63, 3.8) is 0 Å². The molecule has 0 aromatic heterocycles. The van der Waals surface area contributed by atoms with Crippen LogP contribution in [0, 0.1) is 6.92 Å². The van der Waals surface area contributed by atoms with Crippen LogP contribution >= 0.6 is 25.8 Å². The van der Waals surface area contributed by atoms with Crippen LogP contribution in [0.15, 0.2) is 18.2 Å². The number of hydrogen-bond donors (Lipinski definition) is 2. The van der Waals surface area contributed by atoms with Crippen molar-refractivity contribution in [2.75, 3.05) is 0 Å². The number of aryl methyl sites for hydroxylation is 1. The van der Waals surface area contributed by atoms with Crippen molar-refractivity contribution < 1.29 is 8.37 Å². The second-order valence-electron chi connectivity index (χ2n) is 2.11. The Morgan fingerprint density at radius 3 is 2.45 bits per heavy atom. The predicted molar refractivity (Wildman–Crippen MR) is 50.4 cm³/mol. The molecule has 0 bridgehead atoms. The Morgan fingerprint density at radius 2 is 1.91 bits per heavy atom. The second kappa shape index (κ2) is 3.78. The molecule has 0 saturated carbocycles. The molecule has 0 amide bonds. The predicted octanol–water partition coefficient (Wildman–Crippen LogP) is 2.44. The average molecular weight is 188 g/mol. The zero-order valence-electron chi connectivity index (χ0n) is 5.94. The first-order valence-corrected chi connectivity index (χ1v) is 3.74. The van der Waals surface area contributed by atoms with Crippen molar-refractivity contribution in [1.82, 2.24) is 0 Å². The van der Waals surface area contributed by atoms with Crippen LogP contribution < -0.4 is 8.37 Å². The first-order chi connectivity index (χ1) is 5.27. The van der Waals surface area contributed by atoms with E-state index in [4.69, 9.17) is 8.37 Å². The molecule has 0 aliphatic rings. The third kappa shape index (κ3) is 1.97. The summed E-state index contributed by atoms with van der Waals surface area (Å²) in [5, 5.41) is 0. The molecule has 0 heterocycles. The summed E-state index contributed by atoms with van der Waals surface area (Å²) in [4.78, 5) is 0. The van der Waals surface area contributed by atoms with Gasteiger partial charge in [-0.25, -0.2) is 0 Å². The van der Waals surface area contributed by atoms with Gasteiger partial charge in [-0.3, -0.25) is 0 Å². The summed E-state index contributed by atoms with van der Waals surface area (Å²) in [5.41, 5.74) is 1.01. The van der Waals surface area contributed by atoms with Gasteiger partial charge in [0.15, 0.2) is 0 Å². The first kappa shape index (κ1) is 8.62. The van der Waals surface area contributed by atoms with Gasteiger partial charge in [0, 0.05) is 31.9 Å². The summed E-state index contributed by atoms with van der Waals surface area (Å²) >= 11 is 7.34. The van der Waals surface area contributed by atoms with Crippen LogP contribution in [0.3, 0.4) is 0 Å². The van der Waals surface area contributed by atoms with E-state index in [1.165, 1.54) is 0 Å². The fourth-order valence-corrected chi connectivity index (χ4v) is 1.05. The van der Waals surface area contributed by atoms with Crippen molar-refractivity contribution in [3.05, 3.63) is 23.8 Å². The summed E-state index contributed by atoms with van der Waals surface area (Å²) in [5.74, 6) is 1.32. The minimum Gasteiger partial charge on any atom is -0.429 e. The normalized spacial score (nSPS) is 9.36. The Labute approximate surface area is 76.8 Å². The van der Waals surface area contributed by atoms with Gasteiger partial charge in [-0.2, -0.15) is 0 Å². The zero-order chi connectivity index (χ0) is 8.27. The largest absolute Gasteiger partial charge is 0.429 e. The van der Waals surface area contributed by atoms with Crippen LogP contribution in [0.5, 0.6) is 11.5 Å². The van der Waals surface area contributed by atoms with Gasteiger partial charge in [-0.15, -0.1) is 0 Å². The van der Waals surface area contributed by atoms with Gasteiger partial charge in [0.2, 0.25) is 0 Å². The summed E-state index contributed by atoms with van der Waals surface area (Å²) in [7, 11) is 0. The van der Waals surface area contributed by atoms with Gasteiger partial charge < -0.3 is 8.37 Å². The average Bonchev–Trinajstić information content (AvgIpc) is 2.05. The standard InChI is InChI=1S/C7H8O2S2/c1-5-2-3-6(8-10)4-7(5)9-11/h2-4,10-11H,1H3. The van der Waals surface area contributed by atoms with E-state index in [2.05, 4.69) is 25.8 Å². The monoisotopic (exact) mass is 188 g/mol. The van der Waals surface area contributed by atoms with E-state index in [0.29, 0.717) is 11.5 Å². The lowest BCUT2D eigenvalue weighted by atomic mass is 10.2. The Morgan fingerprint density at radius 1 is 1.18 bits per heavy atom. The molecule has 1 rings (SSSR count). The van der Waals surface area contributed by atoms with Gasteiger partial charge in [-0.1, -0.05) is 6.07 Å². The molecule has 0 unspecified atom stereocenters. The molecule has 0 spiro atoms. The Kier molecular flexibility index (Phi) is 2.96. The summed E-state index contributed by atoms with van der Waals surface area (Å²) < 4.78 is 9.46. The highest BCUT2D eigenvalue weighted by Crippen LogP contribution is 2.25. The van der Waals surface area contributed by atoms with E-state index in [1.807, 2.05) is 13.0 Å². The molecule has 0 aliphatic heterocycles. The van der Waals surface area contributed by atoms with E-state index < -0.39 is 0 Å². The lowest BCUT2D eigenvalue weighted by Crippen LogP contribution is -1.82. The van der Waals surface area contributed by atoms with E-state index in [-0.39, 0.29) is 0 Å². The third-order valence-corrected chi connectivity index (χ3v) is 1.77. The molecule has 1 aromatic rings. The molecule has 0 fully saturated rings. The topological polar surface area (TPSA) is 18.5 Å². The van der Waals surface area contributed by atoms with E-state index in [0.717, 1.165) is 5.56 Å². The smallest absolute Gasteiger partial charge is 0.143 e. The molecular weight excluding hydrogens is 180 g/mol. The van der Waals surface area contributed by atoms with Crippen molar-refractivity contribution in [2.45, 2.75) is 6.92 Å². The summed E-state index contributed by atoms with van der Waals surface area (Å²) in [6, 6.07) is 5.39. The lowest BCUT2D eigenvalue weighted by Gasteiger charge is -2.03. The van der Waals surface area contributed by atoms with Gasteiger partial charge in [0.1, 0.15) is 11.5 Å². The molecule has 0 aliphatic carbocycles. The van der Waals surface area contributed by atoms with Gasteiger partial charge in [-0.05, 0) is 18.6 Å². The maximum atomic E-state index is 4.77. The Hall–Kier alpha value is -0.480. The van der Waals surface area contributed by atoms with Crippen LogP contribution in [0.25, 0.3) is 0 Å². The van der Waals surface area contributed by atoms with Crippen LogP contribution in [0.1, 0.15) is 5.56 Å². The molecule has 4 heteroatoms. The summed E-state index contributed by atoms with van der Waals surface area (Å²) in [6.07, 6.45) is 0. The molecular formula is C7H8O2S2. The quantitative estimate of drug-likeness (QED) is 0.548. The van der Waals surface area contributed by atoms with Crippen molar-refractivity contribution in [3.8, 4) is 11.5 Å². The van der Waals surface area contributed by atoms with Crippen LogP contribution in [0.2, 0.25) is 0 Å². The minimum absolute atomic E-state index is 0.642. The highest BCUT2D eigenvalue weighted by molar-refractivity contribution is 7.75. The highest BCUT2D eigenvalue weighted by atomic mass is 32.1. The second-order valence-corrected chi connectivity index (χ2v) is 2.48.